The molecule has 6 nitrogen and oxygen atoms in total. The maximum Gasteiger partial charge on any atom is 0.319 e. The van der Waals surface area contributed by atoms with Crippen LogP contribution in [0.3, 0.4) is 0 Å². The number of carboxylic acid groups (broad SMARTS) is 1. The first-order valence-corrected chi connectivity index (χ1v) is 6.78. The lowest BCUT2D eigenvalue weighted by Crippen LogP contribution is -2.50. The molecule has 114 valence electrons. The molecule has 1 heterocycles. The van der Waals surface area contributed by atoms with Gasteiger partial charge in [-0.2, -0.15) is 0 Å². The van der Waals surface area contributed by atoms with Crippen LogP contribution < -0.4 is 10.6 Å². The summed E-state index contributed by atoms with van der Waals surface area (Å²) in [6, 6.07) is 4.74. The van der Waals surface area contributed by atoms with Gasteiger partial charge in [-0.25, -0.2) is 4.79 Å². The van der Waals surface area contributed by atoms with Gasteiger partial charge >= 0.3 is 12.0 Å². The second-order valence-corrected chi connectivity index (χ2v) is 5.77. The molecule has 3 N–H and O–H groups in total. The number of anilines is 1. The zero-order valence-electron chi connectivity index (χ0n) is 12.4. The quantitative estimate of drug-likeness (QED) is 0.794. The highest BCUT2D eigenvalue weighted by Crippen LogP contribution is 2.28. The minimum Gasteiger partial charge on any atom is -0.481 e. The van der Waals surface area contributed by atoms with Crippen LogP contribution in [0.4, 0.5) is 10.5 Å². The van der Waals surface area contributed by atoms with Gasteiger partial charge in [0.25, 0.3) is 0 Å². The summed E-state index contributed by atoms with van der Waals surface area (Å²) in [4.78, 5) is 23.3. The Kier molecular flexibility index (Phi) is 4.18. The number of hydrogen-bond donors (Lipinski definition) is 3. The smallest absolute Gasteiger partial charge is 0.319 e. The van der Waals surface area contributed by atoms with Gasteiger partial charge in [0.1, 0.15) is 5.41 Å². The molecule has 2 amide bonds. The standard InChI is InChI=1S/C15H20N2O4/c1-9-4-10(2)6-11(5-9)16-14(20)17-12-7-21-8-15(12,3)13(18)19/h4-6,12H,7-8H2,1-3H3,(H,18,19)(H2,16,17,20). The molecule has 6 heteroatoms. The molecule has 2 atom stereocenters. The summed E-state index contributed by atoms with van der Waals surface area (Å²) < 4.78 is 5.20. The molecule has 1 aliphatic heterocycles. The molecule has 1 fully saturated rings. The molecule has 2 rings (SSSR count). The third kappa shape index (κ3) is 3.33. The molecule has 0 aliphatic carbocycles. The Morgan fingerprint density at radius 2 is 1.90 bits per heavy atom. The van der Waals surface area contributed by atoms with E-state index in [2.05, 4.69) is 10.6 Å². The molecular formula is C15H20N2O4. The van der Waals surface area contributed by atoms with Gasteiger partial charge in [0.2, 0.25) is 0 Å². The summed E-state index contributed by atoms with van der Waals surface area (Å²) in [6.45, 7) is 5.76. The highest BCUT2D eigenvalue weighted by molar-refractivity contribution is 5.90. The van der Waals surface area contributed by atoms with Crippen molar-refractivity contribution in [3.8, 4) is 0 Å². The van der Waals surface area contributed by atoms with Crippen LogP contribution in [0.25, 0.3) is 0 Å². The highest BCUT2D eigenvalue weighted by atomic mass is 16.5. The van der Waals surface area contributed by atoms with E-state index in [9.17, 15) is 14.7 Å². The number of rotatable bonds is 3. The van der Waals surface area contributed by atoms with E-state index in [1.54, 1.807) is 6.92 Å². The highest BCUT2D eigenvalue weighted by Gasteiger charge is 2.47. The summed E-state index contributed by atoms with van der Waals surface area (Å²) in [5, 5.41) is 14.7. The Hall–Kier alpha value is -2.08. The van der Waals surface area contributed by atoms with Crippen molar-refractivity contribution in [2.45, 2.75) is 26.8 Å². The second kappa shape index (κ2) is 5.73. The van der Waals surface area contributed by atoms with Gasteiger partial charge in [0.15, 0.2) is 0 Å². The van der Waals surface area contributed by atoms with Crippen LogP contribution in [-0.4, -0.2) is 36.4 Å². The predicted molar refractivity (Wildman–Crippen MR) is 78.4 cm³/mol. The third-order valence-corrected chi connectivity index (χ3v) is 3.73. The van der Waals surface area contributed by atoms with Crippen LogP contribution in [0.15, 0.2) is 18.2 Å². The van der Waals surface area contributed by atoms with E-state index in [0.29, 0.717) is 5.69 Å². The van der Waals surface area contributed by atoms with E-state index in [4.69, 9.17) is 4.74 Å². The summed E-state index contributed by atoms with van der Waals surface area (Å²) in [6.07, 6.45) is 0. The number of benzene rings is 1. The van der Waals surface area contributed by atoms with E-state index < -0.39 is 23.5 Å². The summed E-state index contributed by atoms with van der Waals surface area (Å²) in [7, 11) is 0. The van der Waals surface area contributed by atoms with E-state index in [-0.39, 0.29) is 13.2 Å². The number of amides is 2. The van der Waals surface area contributed by atoms with Crippen molar-refractivity contribution in [2.24, 2.45) is 5.41 Å². The monoisotopic (exact) mass is 292 g/mol. The zero-order chi connectivity index (χ0) is 15.6. The van der Waals surface area contributed by atoms with Gasteiger partial charge in [0.05, 0.1) is 19.3 Å². The van der Waals surface area contributed by atoms with Crippen molar-refractivity contribution in [3.05, 3.63) is 29.3 Å². The lowest BCUT2D eigenvalue weighted by atomic mass is 9.85. The molecule has 1 aliphatic rings. The Bertz CT molecular complexity index is 553. The predicted octanol–water partition coefficient (Wildman–Crippen LogP) is 1.91. The van der Waals surface area contributed by atoms with Gasteiger partial charge in [0, 0.05) is 5.69 Å². The van der Waals surface area contributed by atoms with Gasteiger partial charge in [-0.3, -0.25) is 4.79 Å². The maximum atomic E-state index is 12.0. The third-order valence-electron chi connectivity index (χ3n) is 3.73. The minimum atomic E-state index is -1.10. The van der Waals surface area contributed by atoms with Gasteiger partial charge in [-0.15, -0.1) is 0 Å². The number of aliphatic carboxylic acids is 1. The van der Waals surface area contributed by atoms with E-state index in [1.807, 2.05) is 32.0 Å². The topological polar surface area (TPSA) is 87.7 Å². The fraction of sp³-hybridized carbons (Fsp3) is 0.467. The SMILES string of the molecule is Cc1cc(C)cc(NC(=O)NC2COCC2(C)C(=O)O)c1. The van der Waals surface area contributed by atoms with Gasteiger partial charge in [-0.05, 0) is 44.0 Å². The van der Waals surface area contributed by atoms with Gasteiger partial charge in [-0.1, -0.05) is 6.07 Å². The normalized spacial score (nSPS) is 24.6. The number of carbonyl (C=O) groups excluding carboxylic acids is 1. The Morgan fingerprint density at radius 1 is 1.29 bits per heavy atom. The molecular weight excluding hydrogens is 272 g/mol. The summed E-state index contributed by atoms with van der Waals surface area (Å²) in [5.41, 5.74) is 1.68. The largest absolute Gasteiger partial charge is 0.481 e. The molecule has 21 heavy (non-hydrogen) atoms. The maximum absolute atomic E-state index is 12.0. The number of nitrogens with one attached hydrogen (secondary N) is 2. The summed E-state index contributed by atoms with van der Waals surface area (Å²) >= 11 is 0. The van der Waals surface area contributed by atoms with E-state index >= 15 is 0 Å². The molecule has 1 aromatic rings. The van der Waals surface area contributed by atoms with Crippen LogP contribution in [0.1, 0.15) is 18.1 Å². The van der Waals surface area contributed by atoms with Crippen LogP contribution >= 0.6 is 0 Å². The van der Waals surface area contributed by atoms with Crippen molar-refractivity contribution in [3.63, 3.8) is 0 Å². The van der Waals surface area contributed by atoms with E-state index in [0.717, 1.165) is 11.1 Å². The Morgan fingerprint density at radius 3 is 2.48 bits per heavy atom. The average molecular weight is 292 g/mol. The van der Waals surface area contributed by atoms with Crippen molar-refractivity contribution < 1.29 is 19.4 Å². The number of carboxylic acids is 1. The van der Waals surface area contributed by atoms with Crippen molar-refractivity contribution in [1.82, 2.24) is 5.32 Å². The van der Waals surface area contributed by atoms with Crippen molar-refractivity contribution >= 4 is 17.7 Å². The lowest BCUT2D eigenvalue weighted by molar-refractivity contribution is -0.148. The first kappa shape index (κ1) is 15.3. The van der Waals surface area contributed by atoms with Crippen LogP contribution in [-0.2, 0) is 9.53 Å². The first-order chi connectivity index (χ1) is 9.81. The van der Waals surface area contributed by atoms with Crippen LogP contribution in [0.5, 0.6) is 0 Å². The first-order valence-electron chi connectivity index (χ1n) is 6.78. The molecule has 0 bridgehead atoms. The number of hydrogen-bond acceptors (Lipinski definition) is 3. The van der Waals surface area contributed by atoms with Gasteiger partial charge < -0.3 is 20.5 Å². The Labute approximate surface area is 123 Å². The molecule has 0 saturated carbocycles. The van der Waals surface area contributed by atoms with Crippen molar-refractivity contribution in [1.29, 1.82) is 0 Å². The van der Waals surface area contributed by atoms with Crippen molar-refractivity contribution in [2.75, 3.05) is 18.5 Å². The van der Waals surface area contributed by atoms with Crippen LogP contribution in [0.2, 0.25) is 0 Å². The molecule has 0 aromatic heterocycles. The number of carbonyl (C=O) groups is 2. The molecule has 1 saturated heterocycles. The van der Waals surface area contributed by atoms with E-state index in [1.165, 1.54) is 0 Å². The summed E-state index contributed by atoms with van der Waals surface area (Å²) in [5.74, 6) is -0.975. The molecule has 0 spiro atoms. The average Bonchev–Trinajstić information content (AvgIpc) is 2.70. The number of urea groups is 1. The fourth-order valence-corrected chi connectivity index (χ4v) is 2.46. The second-order valence-electron chi connectivity index (χ2n) is 5.77. The zero-order valence-corrected chi connectivity index (χ0v) is 12.4. The number of ether oxygens (including phenoxy) is 1. The fourth-order valence-electron chi connectivity index (χ4n) is 2.46. The molecule has 1 aromatic carbocycles. The molecule has 2 unspecified atom stereocenters. The van der Waals surface area contributed by atoms with Crippen LogP contribution in [0, 0.1) is 19.3 Å². The minimum absolute atomic E-state index is 0.0941. The number of aryl methyl sites for hydroxylation is 2. The Balaban J connectivity index is 2.03. The lowest BCUT2D eigenvalue weighted by Gasteiger charge is -2.25. The molecule has 0 radical (unpaired) electrons.